The van der Waals surface area contributed by atoms with Crippen LogP contribution in [0.4, 0.5) is 5.82 Å². The minimum absolute atomic E-state index is 0.466. The normalized spacial score (nSPS) is 11.0. The molecule has 0 fully saturated rings. The molecule has 3 nitrogen and oxygen atoms in total. The first-order valence-corrected chi connectivity index (χ1v) is 8.07. The van der Waals surface area contributed by atoms with Crippen LogP contribution in [-0.4, -0.2) is 24.1 Å². The molecule has 0 unspecified atom stereocenters. The van der Waals surface area contributed by atoms with Crippen LogP contribution in [0, 0.1) is 0 Å². The number of hydrogen-bond donors (Lipinski definition) is 0. The Bertz CT molecular complexity index is 742. The molecule has 0 saturated carbocycles. The second-order valence-corrected chi connectivity index (χ2v) is 6.04. The predicted octanol–water partition coefficient (Wildman–Crippen LogP) is 5.28. The molecule has 0 bridgehead atoms. The van der Waals surface area contributed by atoms with E-state index < -0.39 is 0 Å². The van der Waals surface area contributed by atoms with Crippen molar-refractivity contribution in [1.29, 1.82) is 0 Å². The average Bonchev–Trinajstić information content (AvgIpc) is 2.49. The number of halogens is 3. The quantitative estimate of drug-likeness (QED) is 0.701. The van der Waals surface area contributed by atoms with Gasteiger partial charge < -0.3 is 4.90 Å². The van der Waals surface area contributed by atoms with Crippen molar-refractivity contribution in [1.82, 2.24) is 9.97 Å². The zero-order valence-electron chi connectivity index (χ0n) is 12.1. The number of anilines is 1. The van der Waals surface area contributed by atoms with E-state index in [1.807, 2.05) is 37.2 Å². The standard InChI is InChI=1S/C16H14BrCl2N3/c1-10(11-5-4-6-13(18)14(11)19)15-12(7-8-17)16(22(2)3)21-9-20-15/h4-9H,1H2,2-3H3/b8-7+. The van der Waals surface area contributed by atoms with Crippen molar-refractivity contribution in [3.8, 4) is 0 Å². The molecule has 0 radical (unpaired) electrons. The highest BCUT2D eigenvalue weighted by molar-refractivity contribution is 9.11. The molecule has 6 heteroatoms. The van der Waals surface area contributed by atoms with Gasteiger partial charge in [-0.05, 0) is 17.1 Å². The van der Waals surface area contributed by atoms with Gasteiger partial charge in [-0.2, -0.15) is 0 Å². The van der Waals surface area contributed by atoms with Gasteiger partial charge in [0.2, 0.25) is 0 Å². The Morgan fingerprint density at radius 2 is 2.00 bits per heavy atom. The SMILES string of the molecule is C=C(c1cccc(Cl)c1Cl)c1ncnc(N(C)C)c1/C=C/Br. The van der Waals surface area contributed by atoms with Crippen molar-refractivity contribution < 1.29 is 0 Å². The van der Waals surface area contributed by atoms with Crippen LogP contribution >= 0.6 is 39.1 Å². The van der Waals surface area contributed by atoms with Gasteiger partial charge in [-0.25, -0.2) is 9.97 Å². The molecule has 0 atom stereocenters. The van der Waals surface area contributed by atoms with Crippen LogP contribution in [0.25, 0.3) is 11.6 Å². The van der Waals surface area contributed by atoms with Crippen molar-refractivity contribution in [2.75, 3.05) is 19.0 Å². The Morgan fingerprint density at radius 3 is 2.64 bits per heavy atom. The lowest BCUT2D eigenvalue weighted by molar-refractivity contribution is 1.02. The van der Waals surface area contributed by atoms with Crippen LogP contribution in [0.2, 0.25) is 10.0 Å². The van der Waals surface area contributed by atoms with Gasteiger partial charge in [-0.1, -0.05) is 57.8 Å². The molecule has 2 rings (SSSR count). The van der Waals surface area contributed by atoms with E-state index in [4.69, 9.17) is 23.2 Å². The van der Waals surface area contributed by atoms with Gasteiger partial charge in [0, 0.05) is 30.8 Å². The second-order valence-electron chi connectivity index (χ2n) is 4.73. The van der Waals surface area contributed by atoms with E-state index >= 15 is 0 Å². The summed E-state index contributed by atoms with van der Waals surface area (Å²) in [6.07, 6.45) is 3.40. The van der Waals surface area contributed by atoms with Crippen LogP contribution in [0.15, 0.2) is 36.1 Å². The Balaban J connectivity index is 2.64. The number of rotatable bonds is 4. The predicted molar refractivity (Wildman–Crippen MR) is 98.9 cm³/mol. The summed E-state index contributed by atoms with van der Waals surface area (Å²) in [5, 5.41) is 0.952. The first-order chi connectivity index (χ1) is 10.5. The molecule has 0 N–H and O–H groups in total. The van der Waals surface area contributed by atoms with E-state index in [-0.39, 0.29) is 0 Å². The third-order valence-electron chi connectivity index (χ3n) is 3.08. The fraction of sp³-hybridized carbons (Fsp3) is 0.125. The van der Waals surface area contributed by atoms with Gasteiger partial charge in [0.05, 0.1) is 15.7 Å². The minimum atomic E-state index is 0.466. The maximum atomic E-state index is 6.30. The largest absolute Gasteiger partial charge is 0.362 e. The second kappa shape index (κ2) is 7.27. The van der Waals surface area contributed by atoms with Gasteiger partial charge in [-0.15, -0.1) is 0 Å². The molecule has 1 aromatic carbocycles. The van der Waals surface area contributed by atoms with Crippen molar-refractivity contribution in [2.24, 2.45) is 0 Å². The average molecular weight is 399 g/mol. The molecule has 0 aliphatic rings. The summed E-state index contributed by atoms with van der Waals surface area (Å²) in [6.45, 7) is 4.14. The molecule has 0 aliphatic heterocycles. The monoisotopic (exact) mass is 397 g/mol. The van der Waals surface area contributed by atoms with Gasteiger partial charge in [0.25, 0.3) is 0 Å². The van der Waals surface area contributed by atoms with Crippen LogP contribution in [-0.2, 0) is 0 Å². The minimum Gasteiger partial charge on any atom is -0.362 e. The summed E-state index contributed by atoms with van der Waals surface area (Å²) in [4.78, 5) is 12.4. The summed E-state index contributed by atoms with van der Waals surface area (Å²) < 4.78 is 0. The Kier molecular flexibility index (Phi) is 5.62. The molecule has 0 saturated heterocycles. The van der Waals surface area contributed by atoms with Gasteiger partial charge in [0.1, 0.15) is 12.1 Å². The summed E-state index contributed by atoms with van der Waals surface area (Å²) in [6, 6.07) is 5.45. The fourth-order valence-corrected chi connectivity index (χ4v) is 2.74. The van der Waals surface area contributed by atoms with E-state index in [9.17, 15) is 0 Å². The van der Waals surface area contributed by atoms with Crippen molar-refractivity contribution in [3.05, 3.63) is 63.0 Å². The molecule has 0 spiro atoms. The van der Waals surface area contributed by atoms with Gasteiger partial charge >= 0.3 is 0 Å². The first-order valence-electron chi connectivity index (χ1n) is 6.40. The Labute approximate surface area is 148 Å². The third-order valence-corrected chi connectivity index (χ3v) is 4.16. The van der Waals surface area contributed by atoms with Crippen LogP contribution in [0.3, 0.4) is 0 Å². The van der Waals surface area contributed by atoms with E-state index in [0.29, 0.717) is 21.3 Å². The van der Waals surface area contributed by atoms with Gasteiger partial charge in [-0.3, -0.25) is 0 Å². The lowest BCUT2D eigenvalue weighted by Crippen LogP contribution is -2.14. The smallest absolute Gasteiger partial charge is 0.139 e. The van der Waals surface area contributed by atoms with E-state index in [2.05, 4.69) is 32.5 Å². The topological polar surface area (TPSA) is 29.0 Å². The maximum absolute atomic E-state index is 6.30. The molecule has 2 aromatic rings. The Hall–Kier alpha value is -1.36. The van der Waals surface area contributed by atoms with E-state index in [1.54, 1.807) is 11.1 Å². The molecule has 0 amide bonds. The van der Waals surface area contributed by atoms with Crippen LogP contribution < -0.4 is 4.90 Å². The molecular formula is C16H14BrCl2N3. The first kappa shape index (κ1) is 17.0. The summed E-state index contributed by atoms with van der Waals surface area (Å²) in [5.41, 5.74) is 3.00. The molecule has 22 heavy (non-hydrogen) atoms. The highest BCUT2D eigenvalue weighted by Gasteiger charge is 2.17. The van der Waals surface area contributed by atoms with Crippen molar-refractivity contribution in [3.63, 3.8) is 0 Å². The van der Waals surface area contributed by atoms with E-state index in [1.165, 1.54) is 6.33 Å². The molecule has 1 aromatic heterocycles. The highest BCUT2D eigenvalue weighted by Crippen LogP contribution is 2.35. The highest BCUT2D eigenvalue weighted by atomic mass is 79.9. The summed E-state index contributed by atoms with van der Waals surface area (Å²) in [5.74, 6) is 0.792. The number of hydrogen-bond acceptors (Lipinski definition) is 3. The number of aromatic nitrogens is 2. The zero-order chi connectivity index (χ0) is 16.3. The van der Waals surface area contributed by atoms with Crippen LogP contribution in [0.5, 0.6) is 0 Å². The number of benzene rings is 1. The summed E-state index contributed by atoms with van der Waals surface area (Å²) in [7, 11) is 3.85. The lowest BCUT2D eigenvalue weighted by atomic mass is 10.00. The fourth-order valence-electron chi connectivity index (χ4n) is 2.06. The molecule has 1 heterocycles. The van der Waals surface area contributed by atoms with Crippen molar-refractivity contribution in [2.45, 2.75) is 0 Å². The lowest BCUT2D eigenvalue weighted by Gasteiger charge is -2.18. The third kappa shape index (κ3) is 3.35. The maximum Gasteiger partial charge on any atom is 0.139 e. The van der Waals surface area contributed by atoms with Crippen LogP contribution in [0.1, 0.15) is 16.8 Å². The van der Waals surface area contributed by atoms with E-state index in [0.717, 1.165) is 16.9 Å². The van der Waals surface area contributed by atoms with Crippen molar-refractivity contribution >= 4 is 56.6 Å². The number of nitrogens with zero attached hydrogens (tertiary/aromatic N) is 3. The summed E-state index contributed by atoms with van der Waals surface area (Å²) >= 11 is 15.7. The molecule has 114 valence electrons. The zero-order valence-corrected chi connectivity index (χ0v) is 15.2. The Morgan fingerprint density at radius 1 is 1.27 bits per heavy atom. The molecule has 0 aliphatic carbocycles. The van der Waals surface area contributed by atoms with Gasteiger partial charge in [0.15, 0.2) is 0 Å². The molecular weight excluding hydrogens is 385 g/mol.